The summed E-state index contributed by atoms with van der Waals surface area (Å²) < 4.78 is 5.19. The van der Waals surface area contributed by atoms with Crippen molar-refractivity contribution in [1.29, 1.82) is 0 Å². The van der Waals surface area contributed by atoms with Crippen molar-refractivity contribution in [3.05, 3.63) is 10.7 Å². The summed E-state index contributed by atoms with van der Waals surface area (Å²) in [5.74, 6) is 0. The van der Waals surface area contributed by atoms with Gasteiger partial charge in [-0.05, 0) is 13.3 Å². The fourth-order valence-electron chi connectivity index (χ4n) is 0.965. The Labute approximate surface area is 71.8 Å². The quantitative estimate of drug-likeness (QED) is 0.706. The number of nitrogens with one attached hydrogen (secondary N) is 1. The summed E-state index contributed by atoms with van der Waals surface area (Å²) in [6.07, 6.45) is 2.97. The molecule has 0 unspecified atom stereocenters. The highest BCUT2D eigenvalue weighted by Crippen LogP contribution is 1.91. The number of ether oxygens (including phenoxy) is 1. The average Bonchev–Trinajstić information content (AvgIpc) is 2.34. The Morgan fingerprint density at radius 2 is 2.33 bits per heavy atom. The van der Waals surface area contributed by atoms with Crippen LogP contribution in [0.2, 0.25) is 0 Å². The van der Waals surface area contributed by atoms with Crippen molar-refractivity contribution in [2.24, 2.45) is 0 Å². The highest BCUT2D eigenvalue weighted by molar-refractivity contribution is 5.20. The predicted octanol–water partition coefficient (Wildman–Crippen LogP) is 0.409. The Balaban J connectivity index is 3.01. The van der Waals surface area contributed by atoms with Gasteiger partial charge in [-0.3, -0.25) is 0 Å². The maximum atomic E-state index is 5.19. The number of rotatable bonds is 3. The van der Waals surface area contributed by atoms with E-state index >= 15 is 0 Å². The van der Waals surface area contributed by atoms with E-state index in [4.69, 9.17) is 4.74 Å². The van der Waals surface area contributed by atoms with E-state index in [1.807, 2.05) is 13.0 Å². The standard InChI is InChI=1S/C9H14N2O/c1-4-6-8-7(3)10-9(11-8)12-5-2/h6H,3-5H2,1-2H3,(H,10,11)/b8-6+. The number of H-pyrrole nitrogens is 1. The number of hydrogen-bond acceptors (Lipinski definition) is 2. The molecule has 0 aliphatic heterocycles. The van der Waals surface area contributed by atoms with Crippen LogP contribution in [0.3, 0.4) is 0 Å². The summed E-state index contributed by atoms with van der Waals surface area (Å²) in [5.41, 5.74) is 0. The molecule has 0 saturated carbocycles. The smallest absolute Gasteiger partial charge is 0.294 e. The molecule has 0 aliphatic rings. The first-order valence-corrected chi connectivity index (χ1v) is 4.15. The normalized spacial score (nSPS) is 12.0. The van der Waals surface area contributed by atoms with E-state index in [0.717, 1.165) is 17.1 Å². The Hall–Kier alpha value is -1.25. The molecule has 3 heteroatoms. The van der Waals surface area contributed by atoms with Crippen LogP contribution < -0.4 is 15.4 Å². The van der Waals surface area contributed by atoms with Crippen molar-refractivity contribution in [3.8, 4) is 6.01 Å². The lowest BCUT2D eigenvalue weighted by Crippen LogP contribution is -2.22. The molecule has 0 aromatic carbocycles. The van der Waals surface area contributed by atoms with E-state index in [1.165, 1.54) is 0 Å². The highest BCUT2D eigenvalue weighted by Gasteiger charge is 1.95. The van der Waals surface area contributed by atoms with Gasteiger partial charge in [0.1, 0.15) is 0 Å². The molecule has 0 bridgehead atoms. The zero-order valence-corrected chi connectivity index (χ0v) is 7.55. The second-order valence-corrected chi connectivity index (χ2v) is 2.45. The van der Waals surface area contributed by atoms with Gasteiger partial charge in [0.25, 0.3) is 6.01 Å². The maximum absolute atomic E-state index is 5.19. The summed E-state index contributed by atoms with van der Waals surface area (Å²) in [7, 11) is 0. The monoisotopic (exact) mass is 166 g/mol. The first-order chi connectivity index (χ1) is 5.77. The van der Waals surface area contributed by atoms with E-state index < -0.39 is 0 Å². The molecule has 66 valence electrons. The number of aromatic amines is 1. The van der Waals surface area contributed by atoms with E-state index in [-0.39, 0.29) is 0 Å². The van der Waals surface area contributed by atoms with Gasteiger partial charge in [0, 0.05) is 0 Å². The summed E-state index contributed by atoms with van der Waals surface area (Å²) in [4.78, 5) is 7.15. The van der Waals surface area contributed by atoms with Gasteiger partial charge in [0.2, 0.25) is 0 Å². The van der Waals surface area contributed by atoms with E-state index in [2.05, 4.69) is 23.5 Å². The van der Waals surface area contributed by atoms with Crippen molar-refractivity contribution < 1.29 is 4.74 Å². The van der Waals surface area contributed by atoms with Gasteiger partial charge in [-0.25, -0.2) is 0 Å². The molecule has 12 heavy (non-hydrogen) atoms. The van der Waals surface area contributed by atoms with Gasteiger partial charge in [-0.15, -0.1) is 0 Å². The SMILES string of the molecule is C=c1[nH]c(OCC)n/c1=C/CC. The fraction of sp³-hybridized carbons (Fsp3) is 0.444. The van der Waals surface area contributed by atoms with Crippen molar-refractivity contribution in [3.63, 3.8) is 0 Å². The molecular weight excluding hydrogens is 152 g/mol. The van der Waals surface area contributed by atoms with Crippen LogP contribution in [0, 0.1) is 0 Å². The molecule has 3 nitrogen and oxygen atoms in total. The molecule has 0 saturated heterocycles. The Kier molecular flexibility index (Phi) is 2.91. The molecule has 0 fully saturated rings. The maximum Gasteiger partial charge on any atom is 0.294 e. The Bertz CT molecular complexity index is 340. The molecule has 0 radical (unpaired) electrons. The van der Waals surface area contributed by atoms with Crippen LogP contribution in [0.4, 0.5) is 0 Å². The molecule has 0 spiro atoms. The first-order valence-electron chi connectivity index (χ1n) is 4.15. The molecule has 0 atom stereocenters. The molecule has 1 N–H and O–H groups in total. The Morgan fingerprint density at radius 1 is 1.58 bits per heavy atom. The number of hydrogen-bond donors (Lipinski definition) is 1. The molecule has 1 rings (SSSR count). The summed E-state index contributed by atoms with van der Waals surface area (Å²) >= 11 is 0. The summed E-state index contributed by atoms with van der Waals surface area (Å²) in [6, 6.07) is 0.558. The lowest BCUT2D eigenvalue weighted by atomic mass is 10.4. The lowest BCUT2D eigenvalue weighted by molar-refractivity contribution is 0.315. The van der Waals surface area contributed by atoms with Gasteiger partial charge in [-0.2, -0.15) is 4.98 Å². The van der Waals surface area contributed by atoms with Crippen molar-refractivity contribution in [1.82, 2.24) is 9.97 Å². The average molecular weight is 166 g/mol. The first kappa shape index (κ1) is 8.84. The van der Waals surface area contributed by atoms with Crippen molar-refractivity contribution in [2.45, 2.75) is 20.3 Å². The van der Waals surface area contributed by atoms with Crippen LogP contribution in [0.15, 0.2) is 0 Å². The third kappa shape index (κ3) is 1.87. The third-order valence-electron chi connectivity index (χ3n) is 1.47. The summed E-state index contributed by atoms with van der Waals surface area (Å²) in [5, 5.41) is 1.71. The molecule has 1 heterocycles. The van der Waals surface area contributed by atoms with Gasteiger partial charge >= 0.3 is 0 Å². The predicted molar refractivity (Wildman–Crippen MR) is 49.3 cm³/mol. The van der Waals surface area contributed by atoms with E-state index in [1.54, 1.807) is 0 Å². The number of nitrogens with zero attached hydrogens (tertiary/aromatic N) is 1. The van der Waals surface area contributed by atoms with E-state index in [9.17, 15) is 0 Å². The van der Waals surface area contributed by atoms with Crippen LogP contribution in [0.1, 0.15) is 20.3 Å². The van der Waals surface area contributed by atoms with E-state index in [0.29, 0.717) is 12.6 Å². The topological polar surface area (TPSA) is 37.9 Å². The number of aromatic nitrogens is 2. The zero-order chi connectivity index (χ0) is 8.97. The minimum absolute atomic E-state index is 0.558. The van der Waals surface area contributed by atoms with Crippen LogP contribution in [-0.4, -0.2) is 16.6 Å². The summed E-state index contributed by atoms with van der Waals surface area (Å²) in [6.45, 7) is 8.43. The van der Waals surface area contributed by atoms with Crippen molar-refractivity contribution >= 4 is 12.7 Å². The molecule has 0 aliphatic carbocycles. The van der Waals surface area contributed by atoms with Gasteiger partial charge in [0.15, 0.2) is 0 Å². The third-order valence-corrected chi connectivity index (χ3v) is 1.47. The second kappa shape index (κ2) is 3.95. The molecular formula is C9H14N2O. The molecule has 1 aromatic heterocycles. The minimum Gasteiger partial charge on any atom is -0.465 e. The number of imidazole rings is 1. The van der Waals surface area contributed by atoms with Crippen LogP contribution in [0.5, 0.6) is 6.01 Å². The van der Waals surface area contributed by atoms with Crippen LogP contribution >= 0.6 is 0 Å². The molecule has 0 amide bonds. The molecule has 1 aromatic rings. The van der Waals surface area contributed by atoms with Gasteiger partial charge in [-0.1, -0.05) is 19.6 Å². The highest BCUT2D eigenvalue weighted by atomic mass is 16.5. The van der Waals surface area contributed by atoms with Crippen molar-refractivity contribution in [2.75, 3.05) is 6.61 Å². The zero-order valence-electron chi connectivity index (χ0n) is 7.55. The fourth-order valence-corrected chi connectivity index (χ4v) is 0.965. The lowest BCUT2D eigenvalue weighted by Gasteiger charge is -1.92. The van der Waals surface area contributed by atoms with Crippen LogP contribution in [-0.2, 0) is 0 Å². The van der Waals surface area contributed by atoms with Gasteiger partial charge in [0.05, 0.1) is 17.3 Å². The minimum atomic E-state index is 0.558. The largest absolute Gasteiger partial charge is 0.465 e. The Morgan fingerprint density at radius 3 is 2.92 bits per heavy atom. The second-order valence-electron chi connectivity index (χ2n) is 2.45. The van der Waals surface area contributed by atoms with Gasteiger partial charge < -0.3 is 9.72 Å². The van der Waals surface area contributed by atoms with Crippen LogP contribution in [0.25, 0.3) is 12.7 Å².